The van der Waals surface area contributed by atoms with E-state index in [9.17, 15) is 0 Å². The molecule has 120 valence electrons. The molecule has 0 aliphatic heterocycles. The van der Waals surface area contributed by atoms with Gasteiger partial charge in [-0.25, -0.2) is 0 Å². The van der Waals surface area contributed by atoms with E-state index < -0.39 is 0 Å². The van der Waals surface area contributed by atoms with E-state index in [1.807, 2.05) is 31.2 Å². The third-order valence-corrected chi connectivity index (χ3v) is 3.87. The van der Waals surface area contributed by atoms with Gasteiger partial charge in [-0.15, -0.1) is 0 Å². The molecule has 0 amide bonds. The maximum Gasteiger partial charge on any atom is 0.257 e. The topological polar surface area (TPSA) is 74.7 Å². The summed E-state index contributed by atoms with van der Waals surface area (Å²) in [6.45, 7) is 2.62. The van der Waals surface area contributed by atoms with Gasteiger partial charge in [-0.05, 0) is 48.9 Å². The summed E-state index contributed by atoms with van der Waals surface area (Å²) >= 11 is 5.88. The van der Waals surface area contributed by atoms with Crippen LogP contribution in [0.2, 0.25) is 5.02 Å². The minimum absolute atomic E-state index is 0.0644. The van der Waals surface area contributed by atoms with Crippen LogP contribution in [0, 0.1) is 11.3 Å². The number of hydrogen-bond acceptors (Lipinski definition) is 5. The average Bonchev–Trinajstić information content (AvgIpc) is 3.11. The molecule has 5 nitrogen and oxygen atoms in total. The summed E-state index contributed by atoms with van der Waals surface area (Å²) in [7, 11) is 0. The molecule has 1 heterocycles. The quantitative estimate of drug-likeness (QED) is 0.757. The number of rotatable bonds is 5. The van der Waals surface area contributed by atoms with E-state index in [4.69, 9.17) is 21.4 Å². The first-order valence-electron chi connectivity index (χ1n) is 7.47. The molecule has 3 aromatic rings. The van der Waals surface area contributed by atoms with Crippen LogP contribution in [-0.4, -0.2) is 10.1 Å². The fourth-order valence-corrected chi connectivity index (χ4v) is 2.31. The van der Waals surface area contributed by atoms with Gasteiger partial charge in [0.15, 0.2) is 5.82 Å². The Labute approximate surface area is 144 Å². The number of aromatic nitrogens is 2. The molecule has 0 radical (unpaired) electrons. The normalized spacial score (nSPS) is 11.9. The fraction of sp³-hybridized carbons (Fsp3) is 0.167. The minimum Gasteiger partial charge on any atom is -0.334 e. The highest BCUT2D eigenvalue weighted by Crippen LogP contribution is 2.21. The van der Waals surface area contributed by atoms with Crippen LogP contribution in [0.1, 0.15) is 29.9 Å². The van der Waals surface area contributed by atoms with Crippen LogP contribution < -0.4 is 5.32 Å². The number of nitrogens with zero attached hydrogens (tertiary/aromatic N) is 3. The molecule has 0 fully saturated rings. The molecule has 2 aromatic carbocycles. The van der Waals surface area contributed by atoms with E-state index in [1.54, 1.807) is 24.3 Å². The standard InChI is InChI=1S/C18H15ClN4O/c1-12(21-11-14-4-2-13(10-20)3-5-14)17-22-18(24-23-17)15-6-8-16(19)9-7-15/h2-9,12,21H,11H2,1H3. The number of hydrogen-bond donors (Lipinski definition) is 1. The highest BCUT2D eigenvalue weighted by Gasteiger charge is 2.14. The maximum absolute atomic E-state index is 8.81. The Kier molecular flexibility index (Phi) is 4.90. The second kappa shape index (κ2) is 7.26. The predicted molar refractivity (Wildman–Crippen MR) is 91.2 cm³/mol. The molecule has 0 aliphatic rings. The van der Waals surface area contributed by atoms with Crippen molar-refractivity contribution in [3.63, 3.8) is 0 Å². The summed E-state index contributed by atoms with van der Waals surface area (Å²) in [5, 5.41) is 16.8. The van der Waals surface area contributed by atoms with Crippen LogP contribution in [0.4, 0.5) is 0 Å². The number of nitriles is 1. The lowest BCUT2D eigenvalue weighted by Gasteiger charge is -2.09. The van der Waals surface area contributed by atoms with Gasteiger partial charge in [0.2, 0.25) is 0 Å². The lowest BCUT2D eigenvalue weighted by molar-refractivity contribution is 0.409. The van der Waals surface area contributed by atoms with Crippen molar-refractivity contribution in [2.45, 2.75) is 19.5 Å². The smallest absolute Gasteiger partial charge is 0.257 e. The van der Waals surface area contributed by atoms with Gasteiger partial charge >= 0.3 is 0 Å². The second-order valence-electron chi connectivity index (χ2n) is 5.38. The molecule has 6 heteroatoms. The minimum atomic E-state index is -0.0644. The van der Waals surface area contributed by atoms with E-state index >= 15 is 0 Å². The van der Waals surface area contributed by atoms with Gasteiger partial charge < -0.3 is 9.84 Å². The largest absolute Gasteiger partial charge is 0.334 e. The molecule has 1 aromatic heterocycles. The summed E-state index contributed by atoms with van der Waals surface area (Å²) < 4.78 is 5.31. The Bertz CT molecular complexity index is 850. The fourth-order valence-electron chi connectivity index (χ4n) is 2.18. The van der Waals surface area contributed by atoms with Crippen LogP contribution >= 0.6 is 11.6 Å². The maximum atomic E-state index is 8.81. The zero-order valence-corrected chi connectivity index (χ0v) is 13.8. The molecule has 24 heavy (non-hydrogen) atoms. The zero-order valence-electron chi connectivity index (χ0n) is 13.0. The van der Waals surface area contributed by atoms with Gasteiger partial charge in [0, 0.05) is 17.1 Å². The molecule has 1 unspecified atom stereocenters. The van der Waals surface area contributed by atoms with Gasteiger partial charge in [-0.1, -0.05) is 28.9 Å². The Hall–Kier alpha value is -2.68. The van der Waals surface area contributed by atoms with E-state index in [2.05, 4.69) is 21.5 Å². The van der Waals surface area contributed by atoms with Crippen molar-refractivity contribution in [2.24, 2.45) is 0 Å². The number of benzene rings is 2. The van der Waals surface area contributed by atoms with Crippen LogP contribution in [-0.2, 0) is 6.54 Å². The van der Waals surface area contributed by atoms with Crippen molar-refractivity contribution in [3.8, 4) is 17.5 Å². The van der Waals surface area contributed by atoms with Crippen molar-refractivity contribution >= 4 is 11.6 Å². The molecule has 3 rings (SSSR count). The average molecular weight is 339 g/mol. The van der Waals surface area contributed by atoms with E-state index in [0.717, 1.165) is 11.1 Å². The van der Waals surface area contributed by atoms with E-state index in [-0.39, 0.29) is 6.04 Å². The summed E-state index contributed by atoms with van der Waals surface area (Å²) in [5.74, 6) is 1.06. The molecular weight excluding hydrogens is 324 g/mol. The summed E-state index contributed by atoms with van der Waals surface area (Å²) in [5.41, 5.74) is 2.57. The van der Waals surface area contributed by atoms with Crippen LogP contribution in [0.3, 0.4) is 0 Å². The van der Waals surface area contributed by atoms with Gasteiger partial charge in [-0.2, -0.15) is 10.2 Å². The molecular formula is C18H15ClN4O. The van der Waals surface area contributed by atoms with Crippen molar-refractivity contribution < 1.29 is 4.52 Å². The lowest BCUT2D eigenvalue weighted by Crippen LogP contribution is -2.19. The number of nitrogens with one attached hydrogen (secondary N) is 1. The summed E-state index contributed by atoms with van der Waals surface area (Å²) in [6, 6.07) is 16.7. The van der Waals surface area contributed by atoms with Gasteiger partial charge in [0.1, 0.15) is 0 Å². The summed E-state index contributed by atoms with van der Waals surface area (Å²) in [4.78, 5) is 4.42. The van der Waals surface area contributed by atoms with Gasteiger partial charge in [0.05, 0.1) is 17.7 Å². The highest BCUT2D eigenvalue weighted by atomic mass is 35.5. The Morgan fingerprint density at radius 2 is 1.88 bits per heavy atom. The second-order valence-corrected chi connectivity index (χ2v) is 5.81. The summed E-state index contributed by atoms with van der Waals surface area (Å²) in [6.07, 6.45) is 0. The number of halogens is 1. The highest BCUT2D eigenvalue weighted by molar-refractivity contribution is 6.30. The Morgan fingerprint density at radius 1 is 1.17 bits per heavy atom. The van der Waals surface area contributed by atoms with Crippen molar-refractivity contribution in [3.05, 3.63) is 70.5 Å². The predicted octanol–water partition coefficient (Wildman–Crippen LogP) is 4.11. The van der Waals surface area contributed by atoms with Crippen LogP contribution in [0.25, 0.3) is 11.5 Å². The Balaban J connectivity index is 1.64. The van der Waals surface area contributed by atoms with Crippen LogP contribution in [0.15, 0.2) is 53.1 Å². The monoisotopic (exact) mass is 338 g/mol. The third kappa shape index (κ3) is 3.80. The van der Waals surface area contributed by atoms with Crippen molar-refractivity contribution in [1.29, 1.82) is 5.26 Å². The first kappa shape index (κ1) is 16.2. The lowest BCUT2D eigenvalue weighted by atomic mass is 10.1. The third-order valence-electron chi connectivity index (χ3n) is 3.62. The molecule has 0 aliphatic carbocycles. The van der Waals surface area contributed by atoms with E-state index in [1.165, 1.54) is 0 Å². The van der Waals surface area contributed by atoms with Gasteiger partial charge in [0.25, 0.3) is 5.89 Å². The van der Waals surface area contributed by atoms with Crippen molar-refractivity contribution in [1.82, 2.24) is 15.5 Å². The molecule has 1 N–H and O–H groups in total. The van der Waals surface area contributed by atoms with E-state index in [0.29, 0.717) is 28.8 Å². The molecule has 1 atom stereocenters. The molecule has 0 spiro atoms. The van der Waals surface area contributed by atoms with Crippen molar-refractivity contribution in [2.75, 3.05) is 0 Å². The Morgan fingerprint density at radius 3 is 2.54 bits per heavy atom. The SMILES string of the molecule is CC(NCc1ccc(C#N)cc1)c1noc(-c2ccc(Cl)cc2)n1. The first-order chi connectivity index (χ1) is 11.7. The first-order valence-corrected chi connectivity index (χ1v) is 7.85. The molecule has 0 bridgehead atoms. The molecule has 0 saturated carbocycles. The zero-order chi connectivity index (χ0) is 16.9. The van der Waals surface area contributed by atoms with Gasteiger partial charge in [-0.3, -0.25) is 0 Å². The molecule has 0 saturated heterocycles. The van der Waals surface area contributed by atoms with Crippen LogP contribution in [0.5, 0.6) is 0 Å².